The maximum atomic E-state index is 10.3. The molecule has 4 aliphatic rings. The van der Waals surface area contributed by atoms with Gasteiger partial charge in [0.25, 0.3) is 0 Å². The molecule has 4 aliphatic carbocycles. The SMILES string of the molecule is O=C=NC12CC3CC=C1C(C3)C2. The van der Waals surface area contributed by atoms with Crippen LogP contribution in [0.3, 0.4) is 0 Å². The number of rotatable bonds is 1. The summed E-state index contributed by atoms with van der Waals surface area (Å²) in [4.78, 5) is 14.3. The quantitative estimate of drug-likeness (QED) is 0.327. The summed E-state index contributed by atoms with van der Waals surface area (Å²) in [6.45, 7) is 0. The van der Waals surface area contributed by atoms with Crippen molar-refractivity contribution in [3.8, 4) is 0 Å². The van der Waals surface area contributed by atoms with E-state index in [9.17, 15) is 4.79 Å². The van der Waals surface area contributed by atoms with E-state index in [0.717, 1.165) is 24.7 Å². The van der Waals surface area contributed by atoms with Gasteiger partial charge in [0, 0.05) is 0 Å². The van der Waals surface area contributed by atoms with Crippen molar-refractivity contribution in [3.05, 3.63) is 11.6 Å². The van der Waals surface area contributed by atoms with Crippen LogP contribution in [0.4, 0.5) is 0 Å². The van der Waals surface area contributed by atoms with Crippen LogP contribution >= 0.6 is 0 Å². The minimum absolute atomic E-state index is 0.0480. The van der Waals surface area contributed by atoms with E-state index in [1.807, 2.05) is 0 Å². The molecule has 0 heterocycles. The van der Waals surface area contributed by atoms with Gasteiger partial charge < -0.3 is 0 Å². The maximum absolute atomic E-state index is 10.3. The third kappa shape index (κ3) is 0.583. The molecule has 2 fully saturated rings. The molecule has 0 N–H and O–H groups in total. The fourth-order valence-electron chi connectivity index (χ4n) is 3.33. The average Bonchev–Trinajstić information content (AvgIpc) is 2.04. The van der Waals surface area contributed by atoms with Gasteiger partial charge >= 0.3 is 0 Å². The zero-order valence-electron chi connectivity index (χ0n) is 6.92. The Bertz CT molecular complexity index is 314. The Morgan fingerprint density at radius 2 is 2.50 bits per heavy atom. The van der Waals surface area contributed by atoms with Gasteiger partial charge in [0.05, 0.1) is 5.54 Å². The highest BCUT2D eigenvalue weighted by molar-refractivity contribution is 5.46. The summed E-state index contributed by atoms with van der Waals surface area (Å²) < 4.78 is 0. The number of aliphatic imine (C=N–C) groups is 1. The second-order valence-electron chi connectivity index (χ2n) is 4.34. The Balaban J connectivity index is 2.07. The van der Waals surface area contributed by atoms with Crippen LogP contribution in [0.2, 0.25) is 0 Å². The molecule has 4 rings (SSSR count). The highest BCUT2D eigenvalue weighted by Gasteiger charge is 2.56. The van der Waals surface area contributed by atoms with Crippen molar-refractivity contribution in [2.24, 2.45) is 16.8 Å². The summed E-state index contributed by atoms with van der Waals surface area (Å²) in [5.41, 5.74) is 1.40. The minimum atomic E-state index is -0.0480. The Kier molecular flexibility index (Phi) is 1.04. The average molecular weight is 161 g/mol. The van der Waals surface area contributed by atoms with E-state index < -0.39 is 0 Å². The molecule has 0 aromatic heterocycles. The summed E-state index contributed by atoms with van der Waals surface area (Å²) in [5, 5.41) is 0. The lowest BCUT2D eigenvalue weighted by Crippen LogP contribution is -2.54. The predicted molar refractivity (Wildman–Crippen MR) is 44.4 cm³/mol. The Labute approximate surface area is 71.4 Å². The molecule has 4 bridgehead atoms. The smallest absolute Gasteiger partial charge is 0.211 e. The monoisotopic (exact) mass is 161 g/mol. The molecule has 0 aromatic rings. The van der Waals surface area contributed by atoms with Gasteiger partial charge in [-0.3, -0.25) is 0 Å². The van der Waals surface area contributed by atoms with Gasteiger partial charge in [-0.25, -0.2) is 4.79 Å². The zero-order chi connectivity index (χ0) is 8.18. The number of hydrogen-bond acceptors (Lipinski definition) is 2. The first-order valence-corrected chi connectivity index (χ1v) is 4.64. The van der Waals surface area contributed by atoms with Gasteiger partial charge in [-0.1, -0.05) is 6.08 Å². The summed E-state index contributed by atoms with van der Waals surface area (Å²) in [7, 11) is 0. The Hall–Kier alpha value is -0.880. The lowest BCUT2D eigenvalue weighted by atomic mass is 9.49. The van der Waals surface area contributed by atoms with Crippen molar-refractivity contribution < 1.29 is 4.79 Å². The third-order valence-electron chi connectivity index (χ3n) is 3.74. The predicted octanol–water partition coefficient (Wildman–Crippen LogP) is 1.82. The molecule has 0 aromatic carbocycles. The van der Waals surface area contributed by atoms with E-state index >= 15 is 0 Å². The lowest BCUT2D eigenvalue weighted by molar-refractivity contribution is 0.101. The molecule has 2 heteroatoms. The van der Waals surface area contributed by atoms with Crippen LogP contribution in [-0.4, -0.2) is 11.6 Å². The normalized spacial score (nSPS) is 47.5. The number of hydrogen-bond donors (Lipinski definition) is 0. The fraction of sp³-hybridized carbons (Fsp3) is 0.700. The van der Waals surface area contributed by atoms with Crippen LogP contribution in [0.15, 0.2) is 16.6 Å². The van der Waals surface area contributed by atoms with Crippen LogP contribution in [0.1, 0.15) is 25.7 Å². The van der Waals surface area contributed by atoms with Crippen LogP contribution in [0.5, 0.6) is 0 Å². The molecule has 0 saturated heterocycles. The van der Waals surface area contributed by atoms with Crippen LogP contribution in [-0.2, 0) is 4.79 Å². The largest absolute Gasteiger partial charge is 0.235 e. The van der Waals surface area contributed by atoms with Crippen LogP contribution in [0.25, 0.3) is 0 Å². The highest BCUT2D eigenvalue weighted by atomic mass is 16.1. The Morgan fingerprint density at radius 1 is 1.58 bits per heavy atom. The molecule has 3 atom stereocenters. The van der Waals surface area contributed by atoms with E-state index in [0.29, 0.717) is 0 Å². The van der Waals surface area contributed by atoms with E-state index in [1.54, 1.807) is 6.08 Å². The molecule has 0 amide bonds. The molecule has 62 valence electrons. The van der Waals surface area contributed by atoms with E-state index in [1.165, 1.54) is 18.4 Å². The molecule has 0 aliphatic heterocycles. The highest BCUT2D eigenvalue weighted by Crippen LogP contribution is 2.61. The lowest BCUT2D eigenvalue weighted by Gasteiger charge is -2.57. The topological polar surface area (TPSA) is 29.4 Å². The van der Waals surface area contributed by atoms with Gasteiger partial charge in [0.2, 0.25) is 6.08 Å². The molecule has 2 saturated carbocycles. The van der Waals surface area contributed by atoms with Crippen molar-refractivity contribution in [1.29, 1.82) is 0 Å². The van der Waals surface area contributed by atoms with Gasteiger partial charge in [-0.15, -0.1) is 0 Å². The van der Waals surface area contributed by atoms with Crippen molar-refractivity contribution in [2.75, 3.05) is 0 Å². The van der Waals surface area contributed by atoms with Crippen molar-refractivity contribution in [1.82, 2.24) is 0 Å². The first-order chi connectivity index (χ1) is 5.84. The molecule has 2 nitrogen and oxygen atoms in total. The van der Waals surface area contributed by atoms with Crippen molar-refractivity contribution in [2.45, 2.75) is 31.2 Å². The number of isocyanates is 1. The van der Waals surface area contributed by atoms with Crippen molar-refractivity contribution >= 4 is 6.08 Å². The number of allylic oxidation sites excluding steroid dienone is 1. The van der Waals surface area contributed by atoms with E-state index in [2.05, 4.69) is 11.1 Å². The number of carbonyl (C=O) groups excluding carboxylic acids is 1. The van der Waals surface area contributed by atoms with E-state index in [-0.39, 0.29) is 5.54 Å². The summed E-state index contributed by atoms with van der Waals surface area (Å²) in [6, 6.07) is 0. The Morgan fingerprint density at radius 3 is 3.08 bits per heavy atom. The molecular formula is C10H11NO. The minimum Gasteiger partial charge on any atom is -0.211 e. The summed E-state index contributed by atoms with van der Waals surface area (Å²) in [5.74, 6) is 1.58. The zero-order valence-corrected chi connectivity index (χ0v) is 6.92. The van der Waals surface area contributed by atoms with Gasteiger partial charge in [-0.2, -0.15) is 4.99 Å². The molecule has 0 radical (unpaired) electrons. The first kappa shape index (κ1) is 6.62. The second kappa shape index (κ2) is 1.89. The molecule has 3 unspecified atom stereocenters. The summed E-state index contributed by atoms with van der Waals surface area (Å²) in [6.07, 6.45) is 8.85. The first-order valence-electron chi connectivity index (χ1n) is 4.64. The number of nitrogens with zero attached hydrogens (tertiary/aromatic N) is 1. The molecule has 12 heavy (non-hydrogen) atoms. The number of fused-ring (bicyclic) bond motifs is 1. The molecular weight excluding hydrogens is 150 g/mol. The van der Waals surface area contributed by atoms with Gasteiger partial charge in [-0.05, 0) is 43.1 Å². The maximum Gasteiger partial charge on any atom is 0.235 e. The van der Waals surface area contributed by atoms with Crippen LogP contribution in [0, 0.1) is 11.8 Å². The molecule has 0 spiro atoms. The van der Waals surface area contributed by atoms with Crippen molar-refractivity contribution in [3.63, 3.8) is 0 Å². The van der Waals surface area contributed by atoms with Gasteiger partial charge in [0.15, 0.2) is 0 Å². The van der Waals surface area contributed by atoms with E-state index in [4.69, 9.17) is 0 Å². The standard InChI is InChI=1S/C10H11NO/c12-6-11-10-4-7-1-2-9(10)8(3-7)5-10/h2,7-8H,1,3-5H2. The third-order valence-corrected chi connectivity index (χ3v) is 3.74. The fourth-order valence-corrected chi connectivity index (χ4v) is 3.33. The summed E-state index contributed by atoms with van der Waals surface area (Å²) >= 11 is 0. The second-order valence-corrected chi connectivity index (χ2v) is 4.34. The van der Waals surface area contributed by atoms with Crippen LogP contribution < -0.4 is 0 Å². The van der Waals surface area contributed by atoms with Gasteiger partial charge in [0.1, 0.15) is 0 Å².